The van der Waals surface area contributed by atoms with Crippen molar-refractivity contribution < 1.29 is 14.4 Å². The Labute approximate surface area is 124 Å². The number of amides is 3. The number of carbonyl (C=O) groups is 3. The number of hydrogen-bond acceptors (Lipinski definition) is 3. The Kier molecular flexibility index (Phi) is 3.85. The van der Waals surface area contributed by atoms with Crippen molar-refractivity contribution in [3.63, 3.8) is 0 Å². The number of piperidine rings is 1. The number of hydrogen-bond donors (Lipinski definition) is 1. The smallest absolute Gasteiger partial charge is 0.255 e. The monoisotopic (exact) mass is 288 g/mol. The summed E-state index contributed by atoms with van der Waals surface area (Å²) in [5, 5.41) is 2.33. The van der Waals surface area contributed by atoms with Crippen LogP contribution in [0.5, 0.6) is 0 Å². The van der Waals surface area contributed by atoms with Crippen molar-refractivity contribution in [3.05, 3.63) is 35.5 Å². The molecule has 2 rings (SSSR count). The van der Waals surface area contributed by atoms with Gasteiger partial charge >= 0.3 is 0 Å². The van der Waals surface area contributed by atoms with Crippen LogP contribution in [0.25, 0.3) is 0 Å². The van der Waals surface area contributed by atoms with Crippen molar-refractivity contribution in [2.24, 2.45) is 0 Å². The molecule has 3 amide bonds. The van der Waals surface area contributed by atoms with E-state index in [0.29, 0.717) is 18.5 Å². The number of carbonyl (C=O) groups excluding carboxylic acids is 3. The first-order valence-corrected chi connectivity index (χ1v) is 7.00. The minimum absolute atomic E-state index is 0.201. The van der Waals surface area contributed by atoms with Gasteiger partial charge in [0.2, 0.25) is 5.91 Å². The van der Waals surface area contributed by atoms with Crippen LogP contribution in [0.1, 0.15) is 33.6 Å². The van der Waals surface area contributed by atoms with Gasteiger partial charge in [-0.2, -0.15) is 0 Å². The summed E-state index contributed by atoms with van der Waals surface area (Å²) in [6.07, 6.45) is 4.06. The van der Waals surface area contributed by atoms with Crippen LogP contribution >= 0.6 is 0 Å². The normalized spacial score (nSPS) is 27.3. The number of nitrogens with one attached hydrogen (secondary N) is 1. The Balaban J connectivity index is 2.37. The van der Waals surface area contributed by atoms with Crippen LogP contribution < -0.4 is 5.32 Å². The second kappa shape index (κ2) is 5.31. The maximum atomic E-state index is 12.6. The number of nitrogens with zero attached hydrogens (tertiary/aromatic N) is 1. The molecule has 1 N–H and O–H groups in total. The van der Waals surface area contributed by atoms with Crippen molar-refractivity contribution in [3.8, 4) is 0 Å². The number of imide groups is 1. The maximum absolute atomic E-state index is 12.6. The molecule has 0 radical (unpaired) electrons. The summed E-state index contributed by atoms with van der Waals surface area (Å²) in [6, 6.07) is 0. The average molecular weight is 288 g/mol. The third kappa shape index (κ3) is 2.33. The SMILES string of the molecule is C=CC1=C(/C(C)=C\C)CN(C2(C)CCC(=O)NC2=O)C1=O. The largest absolute Gasteiger partial charge is 0.320 e. The van der Waals surface area contributed by atoms with E-state index in [0.717, 1.165) is 11.1 Å². The highest BCUT2D eigenvalue weighted by Gasteiger charge is 2.48. The molecule has 2 aliphatic heterocycles. The first-order valence-electron chi connectivity index (χ1n) is 7.00. The zero-order valence-electron chi connectivity index (χ0n) is 12.7. The highest BCUT2D eigenvalue weighted by molar-refractivity contribution is 6.08. The summed E-state index contributed by atoms with van der Waals surface area (Å²) in [5.74, 6) is -0.894. The zero-order chi connectivity index (χ0) is 15.8. The van der Waals surface area contributed by atoms with Crippen LogP contribution in [0.4, 0.5) is 0 Å². The predicted molar refractivity (Wildman–Crippen MR) is 79.2 cm³/mol. The van der Waals surface area contributed by atoms with Gasteiger partial charge in [0.1, 0.15) is 5.54 Å². The molecule has 0 aromatic rings. The van der Waals surface area contributed by atoms with Gasteiger partial charge in [-0.3, -0.25) is 19.7 Å². The fourth-order valence-electron chi connectivity index (χ4n) is 2.76. The maximum Gasteiger partial charge on any atom is 0.255 e. The van der Waals surface area contributed by atoms with Gasteiger partial charge < -0.3 is 4.90 Å². The van der Waals surface area contributed by atoms with Gasteiger partial charge in [0.05, 0.1) is 0 Å². The predicted octanol–water partition coefficient (Wildman–Crippen LogP) is 1.47. The molecule has 0 aliphatic carbocycles. The van der Waals surface area contributed by atoms with Gasteiger partial charge in [-0.15, -0.1) is 0 Å². The van der Waals surface area contributed by atoms with Gasteiger partial charge in [-0.1, -0.05) is 18.7 Å². The molecule has 1 fully saturated rings. The Morgan fingerprint density at radius 2 is 2.05 bits per heavy atom. The quantitative estimate of drug-likeness (QED) is 0.800. The van der Waals surface area contributed by atoms with Gasteiger partial charge in [0, 0.05) is 18.5 Å². The molecule has 2 aliphatic rings. The summed E-state index contributed by atoms with van der Waals surface area (Å²) in [5.41, 5.74) is 1.44. The molecule has 112 valence electrons. The zero-order valence-corrected chi connectivity index (χ0v) is 12.7. The molecular weight excluding hydrogens is 268 g/mol. The van der Waals surface area contributed by atoms with Crippen LogP contribution in [-0.2, 0) is 14.4 Å². The minimum Gasteiger partial charge on any atom is -0.320 e. The molecule has 1 atom stereocenters. The molecule has 2 heterocycles. The molecule has 0 spiro atoms. The Morgan fingerprint density at radius 1 is 1.38 bits per heavy atom. The second-order valence-electron chi connectivity index (χ2n) is 5.61. The van der Waals surface area contributed by atoms with E-state index in [1.807, 2.05) is 19.9 Å². The fourth-order valence-corrected chi connectivity index (χ4v) is 2.76. The minimum atomic E-state index is -0.991. The molecule has 1 saturated heterocycles. The van der Waals surface area contributed by atoms with Gasteiger partial charge in [0.25, 0.3) is 11.8 Å². The molecule has 0 aromatic carbocycles. The van der Waals surface area contributed by atoms with Gasteiger partial charge in [-0.05, 0) is 38.3 Å². The van der Waals surface area contributed by atoms with E-state index in [1.165, 1.54) is 0 Å². The molecule has 21 heavy (non-hydrogen) atoms. The molecule has 1 unspecified atom stereocenters. The van der Waals surface area contributed by atoms with Crippen LogP contribution in [-0.4, -0.2) is 34.7 Å². The molecule has 0 aromatic heterocycles. The Morgan fingerprint density at radius 3 is 2.57 bits per heavy atom. The van der Waals surface area contributed by atoms with Crippen LogP contribution in [0.3, 0.4) is 0 Å². The lowest BCUT2D eigenvalue weighted by Gasteiger charge is -2.40. The molecular formula is C16H20N2O3. The van der Waals surface area contributed by atoms with E-state index >= 15 is 0 Å². The van der Waals surface area contributed by atoms with E-state index in [2.05, 4.69) is 11.9 Å². The van der Waals surface area contributed by atoms with Crippen LogP contribution in [0, 0.1) is 0 Å². The van der Waals surface area contributed by atoms with Gasteiger partial charge in [-0.25, -0.2) is 0 Å². The van der Waals surface area contributed by atoms with E-state index in [-0.39, 0.29) is 18.2 Å². The van der Waals surface area contributed by atoms with E-state index in [1.54, 1.807) is 17.9 Å². The highest BCUT2D eigenvalue weighted by atomic mass is 16.2. The second-order valence-corrected chi connectivity index (χ2v) is 5.61. The standard InChI is InChI=1S/C16H20N2O3/c1-5-10(3)12-9-18(14(20)11(12)6-2)16(4)8-7-13(19)17-15(16)21/h5-6H,2,7-9H2,1,3-4H3,(H,17,19,21)/b10-5-. The van der Waals surface area contributed by atoms with Crippen molar-refractivity contribution in [1.29, 1.82) is 0 Å². The van der Waals surface area contributed by atoms with Crippen molar-refractivity contribution in [2.75, 3.05) is 6.54 Å². The highest BCUT2D eigenvalue weighted by Crippen LogP contribution is 2.34. The van der Waals surface area contributed by atoms with E-state index < -0.39 is 11.4 Å². The average Bonchev–Trinajstić information content (AvgIpc) is 2.80. The lowest BCUT2D eigenvalue weighted by molar-refractivity contribution is -0.149. The first-order chi connectivity index (χ1) is 9.85. The number of allylic oxidation sites excluding steroid dienone is 1. The summed E-state index contributed by atoms with van der Waals surface area (Å²) in [7, 11) is 0. The Bertz CT molecular complexity index is 601. The van der Waals surface area contributed by atoms with Gasteiger partial charge in [0.15, 0.2) is 0 Å². The summed E-state index contributed by atoms with van der Waals surface area (Å²) >= 11 is 0. The third-order valence-corrected chi connectivity index (χ3v) is 4.41. The molecule has 5 heteroatoms. The molecule has 0 bridgehead atoms. The lowest BCUT2D eigenvalue weighted by atomic mass is 9.89. The van der Waals surface area contributed by atoms with E-state index in [9.17, 15) is 14.4 Å². The topological polar surface area (TPSA) is 66.5 Å². The Hall–Kier alpha value is -2.17. The molecule has 5 nitrogen and oxygen atoms in total. The van der Waals surface area contributed by atoms with Crippen molar-refractivity contribution >= 4 is 17.7 Å². The third-order valence-electron chi connectivity index (χ3n) is 4.41. The summed E-state index contributed by atoms with van der Waals surface area (Å²) in [4.78, 5) is 37.7. The fraction of sp³-hybridized carbons (Fsp3) is 0.438. The van der Waals surface area contributed by atoms with Crippen molar-refractivity contribution in [1.82, 2.24) is 10.2 Å². The van der Waals surface area contributed by atoms with Crippen LogP contribution in [0.15, 0.2) is 35.5 Å². The lowest BCUT2D eigenvalue weighted by Crippen LogP contribution is -2.62. The number of rotatable bonds is 3. The van der Waals surface area contributed by atoms with Crippen LogP contribution in [0.2, 0.25) is 0 Å². The molecule has 0 saturated carbocycles. The van der Waals surface area contributed by atoms with Crippen molar-refractivity contribution in [2.45, 2.75) is 39.2 Å². The summed E-state index contributed by atoms with van der Waals surface area (Å²) in [6.45, 7) is 9.62. The van der Waals surface area contributed by atoms with E-state index in [4.69, 9.17) is 0 Å². The first kappa shape index (κ1) is 15.2. The summed E-state index contributed by atoms with van der Waals surface area (Å²) < 4.78 is 0.